The number of carbonyl (C=O) groups excluding carboxylic acids is 2. The van der Waals surface area contributed by atoms with Crippen LogP contribution in [0.4, 0.5) is 0 Å². The van der Waals surface area contributed by atoms with Crippen molar-refractivity contribution in [3.05, 3.63) is 0 Å². The number of hydrogen-bond donors (Lipinski definition) is 1. The number of aliphatic hydroxyl groups is 1. The molecule has 0 radical (unpaired) electrons. The minimum absolute atomic E-state index is 0.206. The number of unbranched alkanes of at least 4 members (excludes halogenated alkanes) is 9. The molecule has 186 valence electrons. The average Bonchev–Trinajstić information content (AvgIpc) is 3.21. The second-order valence-corrected chi connectivity index (χ2v) is 9.36. The van der Waals surface area contributed by atoms with Gasteiger partial charge in [0, 0.05) is 0 Å². The summed E-state index contributed by atoms with van der Waals surface area (Å²) in [5.41, 5.74) is -3.59. The Balaban J connectivity index is 2.10. The van der Waals surface area contributed by atoms with Gasteiger partial charge in [0.2, 0.25) is 11.2 Å². The molecule has 0 bridgehead atoms. The van der Waals surface area contributed by atoms with Gasteiger partial charge in [0.1, 0.15) is 12.2 Å². The zero-order valence-corrected chi connectivity index (χ0v) is 20.4. The summed E-state index contributed by atoms with van der Waals surface area (Å²) in [6.07, 6.45) is 9.58. The first-order chi connectivity index (χ1) is 15.2. The Morgan fingerprint density at radius 1 is 0.844 bits per heavy atom. The fourth-order valence-electron chi connectivity index (χ4n) is 5.10. The van der Waals surface area contributed by atoms with Gasteiger partial charge in [0.25, 0.3) is 0 Å². The first-order valence-electron chi connectivity index (χ1n) is 12.1. The molecular weight excluding hydrogens is 416 g/mol. The van der Waals surface area contributed by atoms with Crippen LogP contribution in [0.25, 0.3) is 0 Å². The number of carbonyl (C=O) groups is 2. The summed E-state index contributed by atoms with van der Waals surface area (Å²) in [7, 11) is 2.48. The van der Waals surface area contributed by atoms with E-state index in [1.54, 1.807) is 13.8 Å². The van der Waals surface area contributed by atoms with Crippen LogP contribution in [-0.2, 0) is 33.3 Å². The number of methoxy groups -OCH3 is 2. The van der Waals surface area contributed by atoms with Crippen molar-refractivity contribution < 1.29 is 38.4 Å². The standard InChI is InChI=1S/C24H42O8/c1-6-7-8-9-10-11-12-13-14-15-16-23(20(26)28-4)24(21(27)29-5)19(18(17-25)30-23)31-22(2,3)32-24/h18-19,25H,6-17H2,1-5H3/t18-,19-,23+,24+/m1/s1. The quantitative estimate of drug-likeness (QED) is 0.311. The molecule has 0 aromatic carbocycles. The van der Waals surface area contributed by atoms with Crippen LogP contribution in [0.15, 0.2) is 0 Å². The Labute approximate surface area is 192 Å². The summed E-state index contributed by atoms with van der Waals surface area (Å²) < 4.78 is 28.2. The highest BCUT2D eigenvalue weighted by Crippen LogP contribution is 2.55. The van der Waals surface area contributed by atoms with Crippen LogP contribution in [0.2, 0.25) is 0 Å². The van der Waals surface area contributed by atoms with E-state index in [1.807, 2.05) is 0 Å². The molecule has 2 saturated heterocycles. The molecule has 1 N–H and O–H groups in total. The van der Waals surface area contributed by atoms with Gasteiger partial charge in [-0.2, -0.15) is 0 Å². The number of hydrogen-bond acceptors (Lipinski definition) is 8. The van der Waals surface area contributed by atoms with Gasteiger partial charge in [-0.15, -0.1) is 0 Å². The minimum Gasteiger partial charge on any atom is -0.467 e. The fourth-order valence-corrected chi connectivity index (χ4v) is 5.10. The van der Waals surface area contributed by atoms with E-state index in [0.717, 1.165) is 19.3 Å². The summed E-state index contributed by atoms with van der Waals surface area (Å²) in [5, 5.41) is 9.92. The molecule has 0 aromatic rings. The number of rotatable bonds is 14. The topological polar surface area (TPSA) is 101 Å². The Bertz CT molecular complexity index is 621. The maximum atomic E-state index is 13.1. The second-order valence-electron chi connectivity index (χ2n) is 9.36. The van der Waals surface area contributed by atoms with Crippen molar-refractivity contribution in [2.75, 3.05) is 20.8 Å². The number of esters is 2. The van der Waals surface area contributed by atoms with Crippen LogP contribution in [0, 0.1) is 0 Å². The highest BCUT2D eigenvalue weighted by Gasteiger charge is 2.80. The third kappa shape index (κ3) is 5.29. The predicted molar refractivity (Wildman–Crippen MR) is 118 cm³/mol. The van der Waals surface area contributed by atoms with Crippen molar-refractivity contribution >= 4 is 11.9 Å². The molecule has 2 heterocycles. The second kappa shape index (κ2) is 11.8. The first kappa shape index (κ1) is 27.0. The van der Waals surface area contributed by atoms with Crippen LogP contribution < -0.4 is 0 Å². The average molecular weight is 459 g/mol. The lowest BCUT2D eigenvalue weighted by atomic mass is 9.76. The first-order valence-corrected chi connectivity index (χ1v) is 12.1. The number of ether oxygens (including phenoxy) is 5. The third-order valence-electron chi connectivity index (χ3n) is 6.57. The molecule has 2 fully saturated rings. The number of aliphatic hydroxyl groups excluding tert-OH is 1. The van der Waals surface area contributed by atoms with Crippen molar-refractivity contribution in [2.24, 2.45) is 0 Å². The maximum Gasteiger partial charge on any atom is 0.344 e. The van der Waals surface area contributed by atoms with Crippen molar-refractivity contribution in [1.82, 2.24) is 0 Å². The molecule has 0 amide bonds. The lowest BCUT2D eigenvalue weighted by Gasteiger charge is -2.39. The van der Waals surface area contributed by atoms with Crippen molar-refractivity contribution in [1.29, 1.82) is 0 Å². The lowest BCUT2D eigenvalue weighted by Crippen LogP contribution is -2.65. The fraction of sp³-hybridized carbons (Fsp3) is 0.917. The monoisotopic (exact) mass is 458 g/mol. The Kier molecular flexibility index (Phi) is 9.94. The van der Waals surface area contributed by atoms with Gasteiger partial charge < -0.3 is 28.8 Å². The van der Waals surface area contributed by atoms with E-state index in [1.165, 1.54) is 52.7 Å². The van der Waals surface area contributed by atoms with Gasteiger partial charge in [-0.05, 0) is 26.7 Å². The smallest absolute Gasteiger partial charge is 0.344 e. The molecule has 32 heavy (non-hydrogen) atoms. The lowest BCUT2D eigenvalue weighted by molar-refractivity contribution is -0.246. The van der Waals surface area contributed by atoms with Crippen LogP contribution >= 0.6 is 0 Å². The van der Waals surface area contributed by atoms with Gasteiger partial charge >= 0.3 is 11.9 Å². The molecule has 8 nitrogen and oxygen atoms in total. The van der Waals surface area contributed by atoms with E-state index in [4.69, 9.17) is 23.7 Å². The van der Waals surface area contributed by atoms with Crippen LogP contribution in [0.5, 0.6) is 0 Å². The molecule has 2 aliphatic rings. The van der Waals surface area contributed by atoms with E-state index in [9.17, 15) is 14.7 Å². The molecule has 0 aliphatic carbocycles. The molecular formula is C24H42O8. The van der Waals surface area contributed by atoms with Gasteiger partial charge in [0.05, 0.1) is 20.8 Å². The zero-order chi connectivity index (χ0) is 23.8. The Morgan fingerprint density at radius 2 is 1.38 bits per heavy atom. The normalized spacial score (nSPS) is 30.8. The third-order valence-corrected chi connectivity index (χ3v) is 6.57. The molecule has 0 spiro atoms. The molecule has 4 atom stereocenters. The van der Waals surface area contributed by atoms with Crippen molar-refractivity contribution in [3.63, 3.8) is 0 Å². The summed E-state index contributed by atoms with van der Waals surface area (Å²) in [5.74, 6) is -2.64. The van der Waals surface area contributed by atoms with E-state index >= 15 is 0 Å². The van der Waals surface area contributed by atoms with E-state index in [-0.39, 0.29) is 6.42 Å². The molecule has 0 unspecified atom stereocenters. The van der Waals surface area contributed by atoms with Gasteiger partial charge in [-0.1, -0.05) is 64.7 Å². The van der Waals surface area contributed by atoms with Gasteiger partial charge in [0.15, 0.2) is 5.79 Å². The molecule has 2 rings (SSSR count). The predicted octanol–water partition coefficient (Wildman–Crippen LogP) is 3.66. The molecule has 8 heteroatoms. The largest absolute Gasteiger partial charge is 0.467 e. The van der Waals surface area contributed by atoms with Crippen molar-refractivity contribution in [3.8, 4) is 0 Å². The van der Waals surface area contributed by atoms with Gasteiger partial charge in [-0.25, -0.2) is 9.59 Å². The summed E-state index contributed by atoms with van der Waals surface area (Å²) in [4.78, 5) is 26.2. The zero-order valence-electron chi connectivity index (χ0n) is 20.4. The van der Waals surface area contributed by atoms with Gasteiger partial charge in [-0.3, -0.25) is 0 Å². The minimum atomic E-state index is -1.84. The Hall–Kier alpha value is -1.22. The van der Waals surface area contributed by atoms with E-state index < -0.39 is 47.7 Å². The molecule has 0 aromatic heterocycles. The molecule has 2 aliphatic heterocycles. The van der Waals surface area contributed by atoms with Crippen LogP contribution in [-0.4, -0.2) is 67.1 Å². The van der Waals surface area contributed by atoms with Crippen LogP contribution in [0.1, 0.15) is 91.4 Å². The van der Waals surface area contributed by atoms with E-state index in [0.29, 0.717) is 6.42 Å². The summed E-state index contributed by atoms with van der Waals surface area (Å²) in [6, 6.07) is 0. The van der Waals surface area contributed by atoms with E-state index in [2.05, 4.69) is 6.92 Å². The Morgan fingerprint density at radius 3 is 1.88 bits per heavy atom. The van der Waals surface area contributed by atoms with Crippen LogP contribution in [0.3, 0.4) is 0 Å². The summed E-state index contributed by atoms with van der Waals surface area (Å²) in [6.45, 7) is 5.10. The highest BCUT2D eigenvalue weighted by atomic mass is 16.8. The van der Waals surface area contributed by atoms with Crippen molar-refractivity contribution in [2.45, 2.75) is 121 Å². The maximum absolute atomic E-state index is 13.1. The number of fused-ring (bicyclic) bond motifs is 1. The highest BCUT2D eigenvalue weighted by molar-refractivity contribution is 5.95. The summed E-state index contributed by atoms with van der Waals surface area (Å²) >= 11 is 0. The molecule has 0 saturated carbocycles. The SMILES string of the molecule is CCCCCCCCCCCC[C@@]1(C(=O)OC)O[C@H](CO)[C@H]2OC(C)(C)O[C@]21C(=O)OC.